The molecule has 1 N–H and O–H groups in total. The van der Waals surface area contributed by atoms with Crippen LogP contribution in [0.25, 0.3) is 0 Å². The van der Waals surface area contributed by atoms with Gasteiger partial charge in [-0.25, -0.2) is 8.78 Å². The van der Waals surface area contributed by atoms with Gasteiger partial charge in [0.2, 0.25) is 0 Å². The molecule has 0 spiro atoms. The van der Waals surface area contributed by atoms with E-state index in [0.717, 1.165) is 6.07 Å². The first-order chi connectivity index (χ1) is 10.1. The predicted molar refractivity (Wildman–Crippen MR) is 75.6 cm³/mol. The van der Waals surface area contributed by atoms with Crippen LogP contribution in [0.3, 0.4) is 0 Å². The van der Waals surface area contributed by atoms with Crippen LogP contribution >= 0.6 is 15.9 Å². The molecule has 0 saturated heterocycles. The maximum absolute atomic E-state index is 14.0. The van der Waals surface area contributed by atoms with E-state index in [0.29, 0.717) is 30.3 Å². The summed E-state index contributed by atoms with van der Waals surface area (Å²) in [6.07, 6.45) is -1.43. The van der Waals surface area contributed by atoms with Crippen molar-refractivity contribution in [1.29, 1.82) is 0 Å². The molecule has 3 nitrogen and oxygen atoms in total. The molecular weight excluding hydrogens is 346 g/mol. The lowest BCUT2D eigenvalue weighted by Gasteiger charge is -2.20. The van der Waals surface area contributed by atoms with Gasteiger partial charge in [0.05, 0.1) is 10.0 Å². The van der Waals surface area contributed by atoms with Crippen LogP contribution < -0.4 is 9.47 Å². The lowest BCUT2D eigenvalue weighted by molar-refractivity contribution is 0.169. The second kappa shape index (κ2) is 5.61. The lowest BCUT2D eigenvalue weighted by atomic mass is 10.00. The molecule has 6 heteroatoms. The fourth-order valence-electron chi connectivity index (χ4n) is 2.19. The third-order valence-corrected chi connectivity index (χ3v) is 3.85. The standard InChI is InChI=1S/C15H11BrF2O3/c16-9-2-3-10(17)13(14(9)18)15(19)8-1-4-11-12(7-8)21-6-5-20-11/h1-4,7,15,19H,5-6H2. The van der Waals surface area contributed by atoms with Gasteiger partial charge in [0.25, 0.3) is 0 Å². The maximum Gasteiger partial charge on any atom is 0.161 e. The van der Waals surface area contributed by atoms with Crippen LogP contribution in [-0.2, 0) is 0 Å². The van der Waals surface area contributed by atoms with Crippen LogP contribution in [-0.4, -0.2) is 18.3 Å². The van der Waals surface area contributed by atoms with Crippen molar-refractivity contribution in [2.45, 2.75) is 6.10 Å². The van der Waals surface area contributed by atoms with Gasteiger partial charge in [0.1, 0.15) is 31.0 Å². The van der Waals surface area contributed by atoms with E-state index < -0.39 is 23.3 Å². The Labute approximate surface area is 128 Å². The van der Waals surface area contributed by atoms with E-state index in [1.807, 2.05) is 0 Å². The first-order valence-corrected chi connectivity index (χ1v) is 7.08. The number of aliphatic hydroxyl groups is 1. The summed E-state index contributed by atoms with van der Waals surface area (Å²) in [4.78, 5) is 0. The molecule has 1 unspecified atom stereocenters. The van der Waals surface area contributed by atoms with E-state index in [4.69, 9.17) is 9.47 Å². The van der Waals surface area contributed by atoms with Crippen molar-refractivity contribution in [3.05, 3.63) is 57.6 Å². The van der Waals surface area contributed by atoms with Gasteiger partial charge in [-0.1, -0.05) is 6.07 Å². The lowest BCUT2D eigenvalue weighted by Crippen LogP contribution is -2.16. The quantitative estimate of drug-likeness (QED) is 0.836. The first kappa shape index (κ1) is 14.3. The predicted octanol–water partition coefficient (Wildman–Crippen LogP) is 3.58. The molecule has 2 aromatic rings. The highest BCUT2D eigenvalue weighted by atomic mass is 79.9. The van der Waals surface area contributed by atoms with Gasteiger partial charge in [-0.3, -0.25) is 0 Å². The summed E-state index contributed by atoms with van der Waals surface area (Å²) in [5.74, 6) is -0.628. The molecule has 21 heavy (non-hydrogen) atoms. The van der Waals surface area contributed by atoms with Crippen molar-refractivity contribution < 1.29 is 23.4 Å². The Morgan fingerprint density at radius 1 is 1.05 bits per heavy atom. The normalized spacial score (nSPS) is 14.9. The Bertz CT molecular complexity index is 691. The topological polar surface area (TPSA) is 38.7 Å². The highest BCUT2D eigenvalue weighted by Gasteiger charge is 2.23. The smallest absolute Gasteiger partial charge is 0.161 e. The Kier molecular flexibility index (Phi) is 3.82. The molecule has 0 bridgehead atoms. The van der Waals surface area contributed by atoms with Crippen molar-refractivity contribution in [2.75, 3.05) is 13.2 Å². The van der Waals surface area contributed by atoms with Gasteiger partial charge >= 0.3 is 0 Å². The van der Waals surface area contributed by atoms with Gasteiger partial charge in [-0.15, -0.1) is 0 Å². The number of hydrogen-bond acceptors (Lipinski definition) is 3. The van der Waals surface area contributed by atoms with Crippen molar-refractivity contribution in [2.24, 2.45) is 0 Å². The van der Waals surface area contributed by atoms with E-state index in [-0.39, 0.29) is 4.47 Å². The molecular formula is C15H11BrF2O3. The minimum atomic E-state index is -1.43. The number of aliphatic hydroxyl groups excluding tert-OH is 1. The SMILES string of the molecule is OC(c1ccc2c(c1)OCCO2)c1c(F)ccc(Br)c1F. The van der Waals surface area contributed by atoms with Crippen LogP contribution in [0, 0.1) is 11.6 Å². The summed E-state index contributed by atoms with van der Waals surface area (Å²) in [6, 6.07) is 7.05. The van der Waals surface area contributed by atoms with E-state index in [9.17, 15) is 13.9 Å². The van der Waals surface area contributed by atoms with Crippen LogP contribution in [0.5, 0.6) is 11.5 Å². The zero-order valence-corrected chi connectivity index (χ0v) is 12.4. The van der Waals surface area contributed by atoms with Gasteiger partial charge in [0.15, 0.2) is 11.5 Å². The van der Waals surface area contributed by atoms with Gasteiger partial charge in [-0.2, -0.15) is 0 Å². The van der Waals surface area contributed by atoms with E-state index >= 15 is 0 Å². The first-order valence-electron chi connectivity index (χ1n) is 6.29. The van der Waals surface area contributed by atoms with Gasteiger partial charge in [0, 0.05) is 0 Å². The van der Waals surface area contributed by atoms with E-state index in [1.54, 1.807) is 12.1 Å². The number of ether oxygens (including phenoxy) is 2. The number of halogens is 3. The third kappa shape index (κ3) is 2.61. The Morgan fingerprint density at radius 3 is 2.52 bits per heavy atom. The molecule has 0 radical (unpaired) electrons. The second-order valence-electron chi connectivity index (χ2n) is 4.56. The summed E-state index contributed by atoms with van der Waals surface area (Å²) in [5, 5.41) is 10.3. The van der Waals surface area contributed by atoms with Crippen molar-refractivity contribution in [3.8, 4) is 11.5 Å². The number of benzene rings is 2. The average molecular weight is 357 g/mol. The highest BCUT2D eigenvalue weighted by molar-refractivity contribution is 9.10. The molecule has 0 saturated carbocycles. The van der Waals surface area contributed by atoms with Gasteiger partial charge < -0.3 is 14.6 Å². The van der Waals surface area contributed by atoms with Crippen LogP contribution in [0.15, 0.2) is 34.8 Å². The van der Waals surface area contributed by atoms with Crippen LogP contribution in [0.1, 0.15) is 17.2 Å². The van der Waals surface area contributed by atoms with Crippen LogP contribution in [0.2, 0.25) is 0 Å². The zero-order valence-electron chi connectivity index (χ0n) is 10.8. The Balaban J connectivity index is 2.03. The number of fused-ring (bicyclic) bond motifs is 1. The number of hydrogen-bond donors (Lipinski definition) is 1. The second-order valence-corrected chi connectivity index (χ2v) is 5.42. The molecule has 0 amide bonds. The largest absolute Gasteiger partial charge is 0.486 e. The minimum absolute atomic E-state index is 0.0930. The Morgan fingerprint density at radius 2 is 1.76 bits per heavy atom. The molecule has 1 atom stereocenters. The number of rotatable bonds is 2. The fourth-order valence-corrected chi connectivity index (χ4v) is 2.54. The fraction of sp³-hybridized carbons (Fsp3) is 0.200. The maximum atomic E-state index is 14.0. The summed E-state index contributed by atoms with van der Waals surface area (Å²) in [6.45, 7) is 0.843. The van der Waals surface area contributed by atoms with Crippen molar-refractivity contribution >= 4 is 15.9 Å². The summed E-state index contributed by atoms with van der Waals surface area (Å²) in [7, 11) is 0. The average Bonchev–Trinajstić information content (AvgIpc) is 2.51. The summed E-state index contributed by atoms with van der Waals surface area (Å²) < 4.78 is 38.7. The van der Waals surface area contributed by atoms with Crippen molar-refractivity contribution in [3.63, 3.8) is 0 Å². The van der Waals surface area contributed by atoms with Gasteiger partial charge in [-0.05, 0) is 45.8 Å². The molecule has 0 fully saturated rings. The molecule has 1 aliphatic heterocycles. The highest BCUT2D eigenvalue weighted by Crippen LogP contribution is 2.36. The summed E-state index contributed by atoms with van der Waals surface area (Å²) in [5.41, 5.74) is -0.0730. The van der Waals surface area contributed by atoms with Crippen molar-refractivity contribution in [1.82, 2.24) is 0 Å². The minimum Gasteiger partial charge on any atom is -0.486 e. The molecule has 1 heterocycles. The molecule has 0 aliphatic carbocycles. The molecule has 110 valence electrons. The third-order valence-electron chi connectivity index (χ3n) is 3.23. The van der Waals surface area contributed by atoms with E-state index in [1.165, 1.54) is 12.1 Å². The molecule has 2 aromatic carbocycles. The molecule has 3 rings (SSSR count). The summed E-state index contributed by atoms with van der Waals surface area (Å²) >= 11 is 2.98. The molecule has 1 aliphatic rings. The monoisotopic (exact) mass is 356 g/mol. The van der Waals surface area contributed by atoms with Crippen LogP contribution in [0.4, 0.5) is 8.78 Å². The molecule has 0 aromatic heterocycles. The Hall–Kier alpha value is -1.66. The zero-order chi connectivity index (χ0) is 15.0. The van der Waals surface area contributed by atoms with E-state index in [2.05, 4.69) is 15.9 Å².